The first-order valence-corrected chi connectivity index (χ1v) is 7.40. The summed E-state index contributed by atoms with van der Waals surface area (Å²) in [6, 6.07) is 0. The summed E-state index contributed by atoms with van der Waals surface area (Å²) in [7, 11) is 1.28. The van der Waals surface area contributed by atoms with Crippen molar-refractivity contribution in [2.24, 2.45) is 0 Å². The van der Waals surface area contributed by atoms with Crippen molar-refractivity contribution in [3.05, 3.63) is 5.69 Å². The summed E-state index contributed by atoms with van der Waals surface area (Å²) < 4.78 is 18.4. The molecule has 1 saturated heterocycles. The van der Waals surface area contributed by atoms with Crippen LogP contribution in [0.1, 0.15) is 53.2 Å². The second-order valence-corrected chi connectivity index (χ2v) is 7.17. The van der Waals surface area contributed by atoms with Crippen LogP contribution in [0.5, 0.6) is 5.19 Å². The fourth-order valence-electron chi connectivity index (χ4n) is 1.94. The molecule has 0 amide bonds. The van der Waals surface area contributed by atoms with Crippen LogP contribution in [0.4, 0.5) is 0 Å². The zero-order valence-corrected chi connectivity index (χ0v) is 13.6. The first-order chi connectivity index (χ1) is 8.68. The zero-order valence-electron chi connectivity index (χ0n) is 12.7. The minimum absolute atomic E-state index is 0.314. The van der Waals surface area contributed by atoms with Crippen LogP contribution in [0, 0.1) is 0 Å². The van der Waals surface area contributed by atoms with Crippen molar-refractivity contribution in [3.8, 4) is 5.19 Å². The van der Waals surface area contributed by atoms with E-state index >= 15 is 0 Å². The second kappa shape index (κ2) is 4.75. The molecular weight excluding hydrogens is 261 g/mol. The Labute approximate surface area is 119 Å². The van der Waals surface area contributed by atoms with E-state index in [1.807, 2.05) is 0 Å². The largest absolute Gasteiger partial charge is 0.507 e. The van der Waals surface area contributed by atoms with E-state index in [2.05, 4.69) is 46.5 Å². The van der Waals surface area contributed by atoms with Crippen molar-refractivity contribution >= 4 is 23.2 Å². The summed E-state index contributed by atoms with van der Waals surface area (Å²) >= 11 is 1.50. The Balaban J connectivity index is 2.36. The van der Waals surface area contributed by atoms with E-state index in [-0.39, 0.29) is 18.3 Å². The zero-order chi connectivity index (χ0) is 14.4. The smallest absolute Gasteiger partial charge is 0.473 e. The first-order valence-electron chi connectivity index (χ1n) is 6.58. The SMILES string of the molecule is COc1nc(C(C)C)c(B2OC(C)(C)C(C)(C)O2)s1. The number of hydrogen-bond donors (Lipinski definition) is 0. The van der Waals surface area contributed by atoms with Gasteiger partial charge in [0.25, 0.3) is 5.19 Å². The van der Waals surface area contributed by atoms with Gasteiger partial charge in [-0.2, -0.15) is 0 Å². The Bertz CT molecular complexity index is 454. The lowest BCUT2D eigenvalue weighted by molar-refractivity contribution is 0.00578. The van der Waals surface area contributed by atoms with Gasteiger partial charge in [0.05, 0.1) is 28.8 Å². The molecule has 0 unspecified atom stereocenters. The maximum absolute atomic E-state index is 6.09. The topological polar surface area (TPSA) is 40.6 Å². The number of methoxy groups -OCH3 is 1. The van der Waals surface area contributed by atoms with E-state index in [9.17, 15) is 0 Å². The van der Waals surface area contributed by atoms with Crippen LogP contribution in [-0.4, -0.2) is 30.4 Å². The van der Waals surface area contributed by atoms with Gasteiger partial charge < -0.3 is 14.0 Å². The number of hydrogen-bond acceptors (Lipinski definition) is 5. The minimum Gasteiger partial charge on any atom is -0.473 e. The Morgan fingerprint density at radius 3 is 2.11 bits per heavy atom. The lowest BCUT2D eigenvalue weighted by Crippen LogP contribution is -2.41. The second-order valence-electron chi connectivity index (χ2n) is 6.18. The van der Waals surface area contributed by atoms with Crippen molar-refractivity contribution < 1.29 is 14.0 Å². The molecule has 1 fully saturated rings. The monoisotopic (exact) mass is 283 g/mol. The maximum atomic E-state index is 6.09. The molecule has 0 saturated carbocycles. The number of thiazole rings is 1. The Morgan fingerprint density at radius 1 is 1.16 bits per heavy atom. The number of aromatic nitrogens is 1. The predicted molar refractivity (Wildman–Crippen MR) is 78.5 cm³/mol. The van der Waals surface area contributed by atoms with Crippen molar-refractivity contribution in [1.82, 2.24) is 4.98 Å². The fraction of sp³-hybridized carbons (Fsp3) is 0.769. The molecule has 0 aromatic carbocycles. The third-order valence-electron chi connectivity index (χ3n) is 3.85. The predicted octanol–water partition coefficient (Wildman–Crippen LogP) is 2.57. The maximum Gasteiger partial charge on any atom is 0.507 e. The van der Waals surface area contributed by atoms with Crippen molar-refractivity contribution in [3.63, 3.8) is 0 Å². The average Bonchev–Trinajstić information content (AvgIpc) is 2.78. The molecule has 0 aliphatic carbocycles. The van der Waals surface area contributed by atoms with Gasteiger partial charge in [0.15, 0.2) is 0 Å². The molecule has 0 spiro atoms. The van der Waals surface area contributed by atoms with Gasteiger partial charge in [0, 0.05) is 0 Å². The van der Waals surface area contributed by atoms with Crippen LogP contribution in [-0.2, 0) is 9.31 Å². The molecule has 1 aliphatic heterocycles. The number of nitrogens with zero attached hydrogens (tertiary/aromatic N) is 1. The molecule has 0 radical (unpaired) electrons. The molecule has 0 N–H and O–H groups in total. The summed E-state index contributed by atoms with van der Waals surface area (Å²) in [5, 5.41) is 0.661. The highest BCUT2D eigenvalue weighted by molar-refractivity contribution is 7.23. The van der Waals surface area contributed by atoms with Crippen molar-refractivity contribution in [2.45, 2.75) is 58.7 Å². The highest BCUT2D eigenvalue weighted by Gasteiger charge is 2.53. The van der Waals surface area contributed by atoms with Gasteiger partial charge in [-0.05, 0) is 33.6 Å². The van der Waals surface area contributed by atoms with Gasteiger partial charge in [0.1, 0.15) is 0 Å². The van der Waals surface area contributed by atoms with E-state index < -0.39 is 0 Å². The molecule has 1 aromatic heterocycles. The molecule has 0 bridgehead atoms. The lowest BCUT2D eigenvalue weighted by Gasteiger charge is -2.32. The standard InChI is InChI=1S/C13H22BNO3S/c1-8(2)9-10(19-11(15-9)16-7)14-17-12(3,4)13(5,6)18-14/h8H,1-7H3. The molecular formula is C13H22BNO3S. The average molecular weight is 283 g/mol. The van der Waals surface area contributed by atoms with E-state index in [0.29, 0.717) is 11.1 Å². The molecule has 19 heavy (non-hydrogen) atoms. The summed E-state index contributed by atoms with van der Waals surface area (Å²) in [4.78, 5) is 4.50. The van der Waals surface area contributed by atoms with Gasteiger partial charge >= 0.3 is 7.12 Å². The molecule has 1 aliphatic rings. The quantitative estimate of drug-likeness (QED) is 0.799. The molecule has 4 nitrogen and oxygen atoms in total. The lowest BCUT2D eigenvalue weighted by atomic mass is 9.84. The van der Waals surface area contributed by atoms with Crippen molar-refractivity contribution in [1.29, 1.82) is 0 Å². The summed E-state index contributed by atoms with van der Waals surface area (Å²) in [6.45, 7) is 12.5. The Morgan fingerprint density at radius 2 is 1.68 bits per heavy atom. The van der Waals surface area contributed by atoms with Crippen LogP contribution in [0.2, 0.25) is 0 Å². The third-order valence-corrected chi connectivity index (χ3v) is 4.90. The van der Waals surface area contributed by atoms with Crippen molar-refractivity contribution in [2.75, 3.05) is 7.11 Å². The molecule has 2 rings (SSSR count). The van der Waals surface area contributed by atoms with Crippen LogP contribution in [0.3, 0.4) is 0 Å². The normalized spacial score (nSPS) is 21.2. The molecule has 6 heteroatoms. The minimum atomic E-state index is -0.358. The van der Waals surface area contributed by atoms with Gasteiger partial charge in [-0.3, -0.25) is 0 Å². The van der Waals surface area contributed by atoms with E-state index in [4.69, 9.17) is 14.0 Å². The molecule has 0 atom stereocenters. The van der Waals surface area contributed by atoms with Crippen LogP contribution < -0.4 is 9.51 Å². The molecule has 106 valence electrons. The number of rotatable bonds is 3. The van der Waals surface area contributed by atoms with Crippen LogP contribution in [0.15, 0.2) is 0 Å². The fourth-order valence-corrected chi connectivity index (χ4v) is 2.94. The highest BCUT2D eigenvalue weighted by Crippen LogP contribution is 2.38. The highest BCUT2D eigenvalue weighted by atomic mass is 32.1. The Hall–Kier alpha value is -0.585. The number of ether oxygens (including phenoxy) is 1. The molecule has 2 heterocycles. The van der Waals surface area contributed by atoms with E-state index in [0.717, 1.165) is 10.5 Å². The third kappa shape index (κ3) is 2.53. The van der Waals surface area contributed by atoms with Gasteiger partial charge in [0.2, 0.25) is 0 Å². The summed E-state index contributed by atoms with van der Waals surface area (Å²) in [5.41, 5.74) is 0.340. The van der Waals surface area contributed by atoms with Crippen LogP contribution >= 0.6 is 11.3 Å². The van der Waals surface area contributed by atoms with Gasteiger partial charge in [-0.25, -0.2) is 4.98 Å². The molecule has 1 aromatic rings. The van der Waals surface area contributed by atoms with Gasteiger partial charge in [-0.15, -0.1) is 0 Å². The van der Waals surface area contributed by atoms with E-state index in [1.165, 1.54) is 11.3 Å². The first kappa shape index (κ1) is 14.8. The van der Waals surface area contributed by atoms with E-state index in [1.54, 1.807) is 7.11 Å². The summed E-state index contributed by atoms with van der Waals surface area (Å²) in [6.07, 6.45) is 0. The van der Waals surface area contributed by atoms with Gasteiger partial charge in [-0.1, -0.05) is 25.2 Å². The summed E-state index contributed by atoms with van der Waals surface area (Å²) in [5.74, 6) is 0.314. The van der Waals surface area contributed by atoms with Crippen LogP contribution in [0.25, 0.3) is 0 Å². The Kier molecular flexibility index (Phi) is 3.71.